The normalized spacial score (nSPS) is 13.4. The average molecular weight is 782 g/mol. The molecule has 2 unspecified atom stereocenters. The number of nitrogens with one attached hydrogen (secondary N) is 1. The van der Waals surface area contributed by atoms with E-state index in [1.54, 1.807) is 6.08 Å². The molecule has 1 amide bonds. The molecule has 0 aliphatic carbocycles. The highest BCUT2D eigenvalue weighted by Crippen LogP contribution is 2.16. The lowest BCUT2D eigenvalue weighted by Gasteiger charge is -2.19. The van der Waals surface area contributed by atoms with Crippen LogP contribution in [0, 0.1) is 0 Å². The third-order valence-electron chi connectivity index (χ3n) is 11.0. The van der Waals surface area contributed by atoms with Crippen LogP contribution in [0.1, 0.15) is 245 Å². The minimum Gasteiger partial charge on any atom is -0.394 e. The second-order valence-electron chi connectivity index (χ2n) is 16.5. The molecule has 0 radical (unpaired) electrons. The van der Waals surface area contributed by atoms with E-state index in [-0.39, 0.29) is 12.5 Å². The van der Waals surface area contributed by atoms with Gasteiger partial charge in [-0.1, -0.05) is 235 Å². The summed E-state index contributed by atoms with van der Waals surface area (Å²) >= 11 is 0. The number of carbonyl (C=O) groups excluding carboxylic acids is 1. The summed E-state index contributed by atoms with van der Waals surface area (Å²) in [6.45, 7) is 4.19. The Kier molecular flexibility index (Phi) is 45.8. The number of hydrogen-bond acceptors (Lipinski definition) is 3. The van der Waals surface area contributed by atoms with Gasteiger partial charge in [-0.25, -0.2) is 0 Å². The summed E-state index contributed by atoms with van der Waals surface area (Å²) in [6.07, 6.45) is 66.4. The molecule has 4 heteroatoms. The molecule has 0 saturated carbocycles. The molecule has 0 aliphatic heterocycles. The molecule has 0 spiro atoms. The summed E-state index contributed by atoms with van der Waals surface area (Å²) in [5.41, 5.74) is 0. The minimum absolute atomic E-state index is 0.0845. The van der Waals surface area contributed by atoms with Crippen molar-refractivity contribution in [2.75, 3.05) is 6.61 Å². The molecule has 0 saturated heterocycles. The maximum absolute atomic E-state index is 12.4. The molecule has 326 valence electrons. The van der Waals surface area contributed by atoms with E-state index in [9.17, 15) is 15.0 Å². The Labute approximate surface area is 349 Å². The van der Waals surface area contributed by atoms with Crippen LogP contribution in [0.4, 0.5) is 0 Å². The second kappa shape index (κ2) is 47.5. The average Bonchev–Trinajstić information content (AvgIpc) is 3.20. The highest BCUT2D eigenvalue weighted by molar-refractivity contribution is 5.76. The SMILES string of the molecule is CC/C=C\C/C=C\C/C=C\CCCCCCCCCC(=O)NC(CO)C(O)/C=C/CC/C=C/CCCCCCCCCCCCCCCCCCCCCCC. The zero-order valence-electron chi connectivity index (χ0n) is 37.4. The number of carbonyl (C=O) groups is 1. The molecule has 0 aromatic heterocycles. The Balaban J connectivity index is 3.57. The molecule has 4 nitrogen and oxygen atoms in total. The first kappa shape index (κ1) is 54.1. The third kappa shape index (κ3) is 43.2. The fraction of sp³-hybridized carbons (Fsp3) is 0.788. The second-order valence-corrected chi connectivity index (χ2v) is 16.5. The standard InChI is InChI=1S/C52H95NO3/c1-3-5-7-9-11-13-15-17-19-21-22-23-24-25-26-27-28-29-30-32-33-35-37-39-41-43-45-47-51(55)50(49-54)53-52(56)48-46-44-42-40-38-36-34-31-20-18-16-14-12-10-8-6-4-2/h6,8,12,14,18,20,37,39,45,47,50-51,54-55H,3-5,7,9-11,13,15-17,19,21-36,38,40-44,46,48-49H2,1-2H3,(H,53,56)/b8-6-,14-12-,20-18-,39-37+,47-45+. The van der Waals surface area contributed by atoms with Gasteiger partial charge in [0.05, 0.1) is 18.8 Å². The molecule has 56 heavy (non-hydrogen) atoms. The van der Waals surface area contributed by atoms with Gasteiger partial charge in [-0.3, -0.25) is 4.79 Å². The number of allylic oxidation sites excluding steroid dienone is 9. The number of aliphatic hydroxyl groups is 2. The van der Waals surface area contributed by atoms with E-state index in [0.717, 1.165) is 64.2 Å². The Morgan fingerprint density at radius 1 is 0.446 bits per heavy atom. The molecule has 0 aromatic carbocycles. The number of hydrogen-bond donors (Lipinski definition) is 3. The maximum Gasteiger partial charge on any atom is 0.220 e. The fourth-order valence-corrected chi connectivity index (χ4v) is 7.27. The first-order valence-corrected chi connectivity index (χ1v) is 24.5. The lowest BCUT2D eigenvalue weighted by Crippen LogP contribution is -2.45. The van der Waals surface area contributed by atoms with Crippen molar-refractivity contribution < 1.29 is 15.0 Å². The summed E-state index contributed by atoms with van der Waals surface area (Å²) in [4.78, 5) is 12.4. The van der Waals surface area contributed by atoms with Crippen molar-refractivity contribution >= 4 is 5.91 Å². The van der Waals surface area contributed by atoms with Crippen molar-refractivity contribution in [1.82, 2.24) is 5.32 Å². The van der Waals surface area contributed by atoms with E-state index in [0.29, 0.717) is 6.42 Å². The third-order valence-corrected chi connectivity index (χ3v) is 11.0. The van der Waals surface area contributed by atoms with Crippen LogP contribution in [0.2, 0.25) is 0 Å². The summed E-state index contributed by atoms with van der Waals surface area (Å²) in [5.74, 6) is -0.0845. The van der Waals surface area contributed by atoms with Gasteiger partial charge in [0, 0.05) is 6.42 Å². The van der Waals surface area contributed by atoms with Crippen LogP contribution in [0.15, 0.2) is 60.8 Å². The van der Waals surface area contributed by atoms with Gasteiger partial charge in [0.25, 0.3) is 0 Å². The predicted octanol–water partition coefficient (Wildman–Crippen LogP) is 15.7. The number of amides is 1. The summed E-state index contributed by atoms with van der Waals surface area (Å²) in [5, 5.41) is 23.0. The van der Waals surface area contributed by atoms with Crippen molar-refractivity contribution in [2.24, 2.45) is 0 Å². The largest absolute Gasteiger partial charge is 0.394 e. The van der Waals surface area contributed by atoms with Crippen LogP contribution in [-0.4, -0.2) is 34.9 Å². The molecule has 2 atom stereocenters. The van der Waals surface area contributed by atoms with E-state index in [4.69, 9.17) is 0 Å². The zero-order valence-corrected chi connectivity index (χ0v) is 37.4. The Morgan fingerprint density at radius 3 is 1.25 bits per heavy atom. The van der Waals surface area contributed by atoms with E-state index in [1.807, 2.05) is 6.08 Å². The molecule has 0 heterocycles. The van der Waals surface area contributed by atoms with Crippen LogP contribution >= 0.6 is 0 Å². The Morgan fingerprint density at radius 2 is 0.804 bits per heavy atom. The summed E-state index contributed by atoms with van der Waals surface area (Å²) in [6, 6.07) is -0.647. The highest BCUT2D eigenvalue weighted by atomic mass is 16.3. The monoisotopic (exact) mass is 782 g/mol. The van der Waals surface area contributed by atoms with Crippen molar-refractivity contribution in [3.05, 3.63) is 60.8 Å². The smallest absolute Gasteiger partial charge is 0.220 e. The van der Waals surface area contributed by atoms with Gasteiger partial charge in [0.1, 0.15) is 0 Å². The first-order chi connectivity index (χ1) is 27.7. The van der Waals surface area contributed by atoms with Gasteiger partial charge < -0.3 is 15.5 Å². The summed E-state index contributed by atoms with van der Waals surface area (Å²) < 4.78 is 0. The van der Waals surface area contributed by atoms with Crippen LogP contribution in [0.3, 0.4) is 0 Å². The van der Waals surface area contributed by atoms with E-state index in [2.05, 4.69) is 67.8 Å². The Hall–Kier alpha value is -1.91. The molecule has 3 N–H and O–H groups in total. The van der Waals surface area contributed by atoms with E-state index < -0.39 is 12.1 Å². The van der Waals surface area contributed by atoms with Crippen LogP contribution in [-0.2, 0) is 4.79 Å². The van der Waals surface area contributed by atoms with Crippen molar-refractivity contribution in [1.29, 1.82) is 0 Å². The van der Waals surface area contributed by atoms with Crippen LogP contribution < -0.4 is 5.32 Å². The predicted molar refractivity (Wildman–Crippen MR) is 248 cm³/mol. The molecule has 0 bridgehead atoms. The molecular formula is C52H95NO3. The quantitative estimate of drug-likeness (QED) is 0.0426. The van der Waals surface area contributed by atoms with Crippen molar-refractivity contribution in [3.63, 3.8) is 0 Å². The van der Waals surface area contributed by atoms with E-state index in [1.165, 1.54) is 161 Å². The topological polar surface area (TPSA) is 69.6 Å². The van der Waals surface area contributed by atoms with Gasteiger partial charge in [0.2, 0.25) is 5.91 Å². The Bertz CT molecular complexity index is 934. The molecule has 0 fully saturated rings. The minimum atomic E-state index is -0.869. The van der Waals surface area contributed by atoms with Crippen molar-refractivity contribution in [3.8, 4) is 0 Å². The number of rotatable bonds is 44. The number of unbranched alkanes of at least 4 members (excludes halogenated alkanes) is 29. The maximum atomic E-state index is 12.4. The van der Waals surface area contributed by atoms with Gasteiger partial charge in [-0.15, -0.1) is 0 Å². The fourth-order valence-electron chi connectivity index (χ4n) is 7.27. The first-order valence-electron chi connectivity index (χ1n) is 24.5. The van der Waals surface area contributed by atoms with Crippen LogP contribution in [0.25, 0.3) is 0 Å². The highest BCUT2D eigenvalue weighted by Gasteiger charge is 2.17. The van der Waals surface area contributed by atoms with Gasteiger partial charge in [-0.2, -0.15) is 0 Å². The van der Waals surface area contributed by atoms with Gasteiger partial charge in [-0.05, 0) is 64.2 Å². The molecule has 0 rings (SSSR count). The zero-order chi connectivity index (χ0) is 40.7. The van der Waals surface area contributed by atoms with Gasteiger partial charge >= 0.3 is 0 Å². The summed E-state index contributed by atoms with van der Waals surface area (Å²) in [7, 11) is 0. The molecule has 0 aromatic rings. The van der Waals surface area contributed by atoms with Crippen LogP contribution in [0.5, 0.6) is 0 Å². The lowest BCUT2D eigenvalue weighted by molar-refractivity contribution is -0.123. The molecular weight excluding hydrogens is 687 g/mol. The number of aliphatic hydroxyl groups excluding tert-OH is 2. The van der Waals surface area contributed by atoms with Gasteiger partial charge in [0.15, 0.2) is 0 Å². The molecule has 0 aliphatic rings. The lowest BCUT2D eigenvalue weighted by atomic mass is 10.0. The van der Waals surface area contributed by atoms with Crippen molar-refractivity contribution in [2.45, 2.75) is 257 Å². The van der Waals surface area contributed by atoms with E-state index >= 15 is 0 Å².